The van der Waals surface area contributed by atoms with Gasteiger partial charge in [-0.3, -0.25) is 4.90 Å². The van der Waals surface area contributed by atoms with Crippen molar-refractivity contribution >= 4 is 0 Å². The van der Waals surface area contributed by atoms with Gasteiger partial charge in [-0.1, -0.05) is 0 Å². The van der Waals surface area contributed by atoms with E-state index in [2.05, 4.69) is 44.8 Å². The first-order chi connectivity index (χ1) is 8.69. The lowest BCUT2D eigenvalue weighted by Gasteiger charge is -2.52. The third-order valence-corrected chi connectivity index (χ3v) is 5.23. The molecule has 0 aromatic heterocycles. The summed E-state index contributed by atoms with van der Waals surface area (Å²) >= 11 is 0. The number of piperazine rings is 1. The summed E-state index contributed by atoms with van der Waals surface area (Å²) in [5.74, 6) is 0.891. The summed E-state index contributed by atoms with van der Waals surface area (Å²) in [6.45, 7) is 14.9. The molecule has 0 amide bonds. The van der Waals surface area contributed by atoms with Crippen LogP contribution in [0.2, 0.25) is 0 Å². The van der Waals surface area contributed by atoms with Crippen molar-refractivity contribution in [3.8, 4) is 0 Å². The average molecular weight is 268 g/mol. The first kappa shape index (κ1) is 15.3. The highest BCUT2D eigenvalue weighted by molar-refractivity contribution is 5.07. The second-order valence-corrected chi connectivity index (χ2v) is 8.00. The van der Waals surface area contributed by atoms with Crippen molar-refractivity contribution in [2.24, 2.45) is 5.92 Å². The molecule has 0 spiro atoms. The molecule has 1 aliphatic heterocycles. The van der Waals surface area contributed by atoms with Crippen LogP contribution in [0.1, 0.15) is 53.9 Å². The quantitative estimate of drug-likeness (QED) is 0.829. The van der Waals surface area contributed by atoms with Crippen molar-refractivity contribution in [2.45, 2.75) is 70.6 Å². The Bertz CT molecular complexity index is 323. The number of rotatable bonds is 5. The van der Waals surface area contributed by atoms with Crippen LogP contribution in [-0.4, -0.2) is 48.3 Å². The molecule has 1 heterocycles. The number of nitrogens with zero attached hydrogens (tertiary/aromatic N) is 1. The fourth-order valence-electron chi connectivity index (χ4n) is 3.19. The molecule has 1 aliphatic carbocycles. The lowest BCUT2D eigenvalue weighted by Crippen LogP contribution is -2.68. The van der Waals surface area contributed by atoms with Gasteiger partial charge in [0.1, 0.15) is 0 Å². The molecule has 0 bridgehead atoms. The molecular weight excluding hydrogens is 236 g/mol. The van der Waals surface area contributed by atoms with Gasteiger partial charge in [0, 0.05) is 37.8 Å². The second kappa shape index (κ2) is 5.01. The van der Waals surface area contributed by atoms with Gasteiger partial charge in [0.15, 0.2) is 0 Å². The zero-order chi connectivity index (χ0) is 14.3. The van der Waals surface area contributed by atoms with Crippen molar-refractivity contribution in [3.05, 3.63) is 0 Å². The highest BCUT2D eigenvalue weighted by Crippen LogP contribution is 2.45. The van der Waals surface area contributed by atoms with Crippen LogP contribution in [0.5, 0.6) is 0 Å². The maximum atomic E-state index is 5.58. The largest absolute Gasteiger partial charge is 0.379 e. The van der Waals surface area contributed by atoms with E-state index < -0.39 is 0 Å². The summed E-state index contributed by atoms with van der Waals surface area (Å²) in [6, 6.07) is 0. The van der Waals surface area contributed by atoms with Gasteiger partial charge < -0.3 is 10.1 Å². The monoisotopic (exact) mass is 268 g/mol. The second-order valence-electron chi connectivity index (χ2n) is 8.00. The number of hydrogen-bond donors (Lipinski definition) is 1. The van der Waals surface area contributed by atoms with Crippen molar-refractivity contribution in [3.63, 3.8) is 0 Å². The van der Waals surface area contributed by atoms with Crippen LogP contribution in [0.15, 0.2) is 0 Å². The van der Waals surface area contributed by atoms with E-state index >= 15 is 0 Å². The van der Waals surface area contributed by atoms with Crippen LogP contribution in [-0.2, 0) is 4.74 Å². The van der Waals surface area contributed by atoms with E-state index in [0.29, 0.717) is 5.54 Å². The minimum atomic E-state index is -0.0144. The van der Waals surface area contributed by atoms with Gasteiger partial charge in [-0.15, -0.1) is 0 Å². The number of methoxy groups -OCH3 is 1. The Balaban J connectivity index is 2.03. The number of ether oxygens (including phenoxy) is 1. The van der Waals surface area contributed by atoms with Gasteiger partial charge in [-0.05, 0) is 59.8 Å². The average Bonchev–Trinajstić information content (AvgIpc) is 3.15. The van der Waals surface area contributed by atoms with Gasteiger partial charge >= 0.3 is 0 Å². The van der Waals surface area contributed by atoms with Crippen LogP contribution < -0.4 is 5.32 Å². The van der Waals surface area contributed by atoms with E-state index in [9.17, 15) is 0 Å². The van der Waals surface area contributed by atoms with Crippen LogP contribution in [0.25, 0.3) is 0 Å². The third kappa shape index (κ3) is 3.50. The van der Waals surface area contributed by atoms with Crippen LogP contribution in [0.4, 0.5) is 0 Å². The minimum Gasteiger partial charge on any atom is -0.379 e. The topological polar surface area (TPSA) is 24.5 Å². The summed E-state index contributed by atoms with van der Waals surface area (Å²) in [7, 11) is 1.82. The van der Waals surface area contributed by atoms with Crippen molar-refractivity contribution in [2.75, 3.05) is 26.7 Å². The van der Waals surface area contributed by atoms with Gasteiger partial charge in [0.2, 0.25) is 0 Å². The van der Waals surface area contributed by atoms with E-state index in [4.69, 9.17) is 4.74 Å². The number of hydrogen-bond acceptors (Lipinski definition) is 3. The summed E-state index contributed by atoms with van der Waals surface area (Å²) < 4.78 is 5.58. The maximum Gasteiger partial charge on any atom is 0.0634 e. The molecule has 3 nitrogen and oxygen atoms in total. The van der Waals surface area contributed by atoms with Crippen molar-refractivity contribution in [1.82, 2.24) is 10.2 Å². The molecule has 1 unspecified atom stereocenters. The molecule has 1 saturated heterocycles. The summed E-state index contributed by atoms with van der Waals surface area (Å²) in [6.07, 6.45) is 3.91. The minimum absolute atomic E-state index is 0.0144. The Morgan fingerprint density at radius 2 is 1.89 bits per heavy atom. The van der Waals surface area contributed by atoms with E-state index in [1.165, 1.54) is 12.8 Å². The predicted octanol–water partition coefficient (Wildman–Crippen LogP) is 2.65. The van der Waals surface area contributed by atoms with Gasteiger partial charge in [-0.25, -0.2) is 0 Å². The standard InChI is InChI=1S/C16H32N2O/c1-14(2)12-18(10-9-15(3,4)19-6)16(5,11-17-14)13-7-8-13/h13,17H,7-12H2,1-6H3. The molecule has 112 valence electrons. The molecule has 0 aromatic carbocycles. The van der Waals surface area contributed by atoms with Gasteiger partial charge in [0.25, 0.3) is 0 Å². The SMILES string of the molecule is COC(C)(C)CCN1CC(C)(C)NCC1(C)C1CC1. The molecule has 0 radical (unpaired) electrons. The molecule has 1 saturated carbocycles. The molecule has 1 atom stereocenters. The molecule has 1 N–H and O–H groups in total. The summed E-state index contributed by atoms with van der Waals surface area (Å²) in [4.78, 5) is 2.72. The van der Waals surface area contributed by atoms with E-state index in [-0.39, 0.29) is 11.1 Å². The first-order valence-electron chi connectivity index (χ1n) is 7.74. The smallest absolute Gasteiger partial charge is 0.0634 e. The number of nitrogens with one attached hydrogen (secondary N) is 1. The first-order valence-corrected chi connectivity index (χ1v) is 7.74. The molecule has 0 aromatic rings. The van der Waals surface area contributed by atoms with Crippen LogP contribution >= 0.6 is 0 Å². The summed E-state index contributed by atoms with van der Waals surface area (Å²) in [5.41, 5.74) is 0.560. The van der Waals surface area contributed by atoms with E-state index in [1.54, 1.807) is 0 Å². The van der Waals surface area contributed by atoms with Crippen LogP contribution in [0, 0.1) is 5.92 Å². The van der Waals surface area contributed by atoms with Crippen molar-refractivity contribution < 1.29 is 4.74 Å². The highest BCUT2D eigenvalue weighted by Gasteiger charge is 2.49. The lowest BCUT2D eigenvalue weighted by atomic mass is 9.85. The molecule has 2 rings (SSSR count). The van der Waals surface area contributed by atoms with Crippen molar-refractivity contribution in [1.29, 1.82) is 0 Å². The predicted molar refractivity (Wildman–Crippen MR) is 80.5 cm³/mol. The Hall–Kier alpha value is -0.120. The molecular formula is C16H32N2O. The van der Waals surface area contributed by atoms with E-state index in [0.717, 1.165) is 32.0 Å². The highest BCUT2D eigenvalue weighted by atomic mass is 16.5. The maximum absolute atomic E-state index is 5.58. The fourth-order valence-corrected chi connectivity index (χ4v) is 3.19. The molecule has 2 fully saturated rings. The third-order valence-electron chi connectivity index (χ3n) is 5.23. The zero-order valence-corrected chi connectivity index (χ0v) is 13.7. The summed E-state index contributed by atoms with van der Waals surface area (Å²) in [5, 5.41) is 3.74. The molecule has 3 heteroatoms. The van der Waals surface area contributed by atoms with Gasteiger partial charge in [0.05, 0.1) is 5.60 Å². The lowest BCUT2D eigenvalue weighted by molar-refractivity contribution is -0.0289. The Labute approximate surface area is 119 Å². The zero-order valence-electron chi connectivity index (χ0n) is 13.7. The Morgan fingerprint density at radius 1 is 1.26 bits per heavy atom. The fraction of sp³-hybridized carbons (Fsp3) is 1.00. The van der Waals surface area contributed by atoms with Crippen LogP contribution in [0.3, 0.4) is 0 Å². The Kier molecular flexibility index (Phi) is 4.03. The molecule has 19 heavy (non-hydrogen) atoms. The van der Waals surface area contributed by atoms with Gasteiger partial charge in [-0.2, -0.15) is 0 Å². The Morgan fingerprint density at radius 3 is 2.42 bits per heavy atom. The normalized spacial score (nSPS) is 32.5. The molecule has 2 aliphatic rings. The van der Waals surface area contributed by atoms with E-state index in [1.807, 2.05) is 7.11 Å².